The van der Waals surface area contributed by atoms with Crippen LogP contribution in [-0.2, 0) is 15.0 Å². The van der Waals surface area contributed by atoms with Gasteiger partial charge in [-0.25, -0.2) is 0 Å². The minimum Gasteiger partial charge on any atom is -0.368 e. The van der Waals surface area contributed by atoms with Gasteiger partial charge >= 0.3 is 0 Å². The predicted octanol–water partition coefficient (Wildman–Crippen LogP) is 1.01. The molecule has 6 heteroatoms. The van der Waals surface area contributed by atoms with Crippen molar-refractivity contribution in [2.24, 2.45) is 5.73 Å². The van der Waals surface area contributed by atoms with E-state index in [0.29, 0.717) is 5.02 Å². The second kappa shape index (κ2) is 4.83. The molecule has 2 unspecified atom stereocenters. The SMILES string of the molecule is CNC(CC1(C)C(=O)Nc2ccc(Cl)cc21)C(N)=O. The Hall–Kier alpha value is -1.59. The Labute approximate surface area is 116 Å². The summed E-state index contributed by atoms with van der Waals surface area (Å²) in [6.45, 7) is 1.79. The number of nitrogens with one attached hydrogen (secondary N) is 2. The third kappa shape index (κ3) is 2.31. The van der Waals surface area contributed by atoms with Crippen LogP contribution in [0.3, 0.4) is 0 Å². The van der Waals surface area contributed by atoms with E-state index >= 15 is 0 Å². The average Bonchev–Trinajstić information content (AvgIpc) is 2.59. The van der Waals surface area contributed by atoms with E-state index in [9.17, 15) is 9.59 Å². The van der Waals surface area contributed by atoms with Gasteiger partial charge in [0.15, 0.2) is 0 Å². The van der Waals surface area contributed by atoms with Crippen LogP contribution in [0.1, 0.15) is 18.9 Å². The highest BCUT2D eigenvalue weighted by atomic mass is 35.5. The summed E-state index contributed by atoms with van der Waals surface area (Å²) >= 11 is 5.98. The Morgan fingerprint density at radius 2 is 2.26 bits per heavy atom. The van der Waals surface area contributed by atoms with Crippen molar-refractivity contribution in [2.75, 3.05) is 12.4 Å². The van der Waals surface area contributed by atoms with Crippen LogP contribution in [-0.4, -0.2) is 24.9 Å². The molecule has 1 aromatic carbocycles. The highest BCUT2D eigenvalue weighted by Gasteiger charge is 2.44. The molecule has 0 saturated carbocycles. The van der Waals surface area contributed by atoms with Crippen molar-refractivity contribution in [3.8, 4) is 0 Å². The number of carbonyl (C=O) groups is 2. The van der Waals surface area contributed by atoms with Gasteiger partial charge in [0.25, 0.3) is 0 Å². The van der Waals surface area contributed by atoms with Gasteiger partial charge in [-0.3, -0.25) is 9.59 Å². The Balaban J connectivity index is 2.41. The van der Waals surface area contributed by atoms with E-state index in [-0.39, 0.29) is 12.3 Å². The molecule has 5 nitrogen and oxygen atoms in total. The molecule has 0 spiro atoms. The Morgan fingerprint density at radius 1 is 1.58 bits per heavy atom. The largest absolute Gasteiger partial charge is 0.368 e. The third-order valence-corrected chi connectivity index (χ3v) is 3.86. The number of halogens is 1. The maximum Gasteiger partial charge on any atom is 0.234 e. The van der Waals surface area contributed by atoms with Crippen molar-refractivity contribution in [1.82, 2.24) is 5.32 Å². The fourth-order valence-corrected chi connectivity index (χ4v) is 2.59. The molecule has 0 saturated heterocycles. The number of hydrogen-bond acceptors (Lipinski definition) is 3. The molecule has 1 aliphatic heterocycles. The van der Waals surface area contributed by atoms with Crippen LogP contribution in [0.4, 0.5) is 5.69 Å². The van der Waals surface area contributed by atoms with Crippen LogP contribution in [0.2, 0.25) is 5.02 Å². The lowest BCUT2D eigenvalue weighted by Gasteiger charge is -2.26. The molecule has 0 bridgehead atoms. The number of benzene rings is 1. The van der Waals surface area contributed by atoms with Gasteiger partial charge in [0, 0.05) is 10.7 Å². The number of hydrogen-bond donors (Lipinski definition) is 3. The average molecular weight is 282 g/mol. The normalized spacial score (nSPS) is 22.8. The molecular formula is C13H16ClN3O2. The molecule has 4 N–H and O–H groups in total. The zero-order valence-electron chi connectivity index (χ0n) is 10.8. The molecule has 19 heavy (non-hydrogen) atoms. The van der Waals surface area contributed by atoms with Crippen LogP contribution in [0.5, 0.6) is 0 Å². The van der Waals surface area contributed by atoms with Crippen molar-refractivity contribution >= 4 is 29.1 Å². The zero-order chi connectivity index (χ0) is 14.2. The molecule has 2 amide bonds. The fraction of sp³-hybridized carbons (Fsp3) is 0.385. The summed E-state index contributed by atoms with van der Waals surface area (Å²) in [4.78, 5) is 23.6. The van der Waals surface area contributed by atoms with E-state index < -0.39 is 17.4 Å². The molecule has 2 rings (SSSR count). The molecule has 1 aliphatic rings. The Bertz CT molecular complexity index is 547. The topological polar surface area (TPSA) is 84.2 Å². The number of carbonyl (C=O) groups excluding carboxylic acids is 2. The second-order valence-corrected chi connectivity index (χ2v) is 5.36. The van der Waals surface area contributed by atoms with Crippen LogP contribution in [0.15, 0.2) is 18.2 Å². The van der Waals surface area contributed by atoms with Crippen molar-refractivity contribution in [3.63, 3.8) is 0 Å². The zero-order valence-corrected chi connectivity index (χ0v) is 11.5. The monoisotopic (exact) mass is 281 g/mol. The predicted molar refractivity (Wildman–Crippen MR) is 74.1 cm³/mol. The van der Waals surface area contributed by atoms with Gasteiger partial charge in [-0.05, 0) is 44.2 Å². The summed E-state index contributed by atoms with van der Waals surface area (Å²) in [5.74, 6) is -0.627. The Kier molecular flexibility index (Phi) is 3.52. The van der Waals surface area contributed by atoms with E-state index in [0.717, 1.165) is 11.3 Å². The molecule has 0 aromatic heterocycles. The first-order valence-corrected chi connectivity index (χ1v) is 6.34. The second-order valence-electron chi connectivity index (χ2n) is 4.92. The summed E-state index contributed by atoms with van der Waals surface area (Å²) in [6.07, 6.45) is 0.290. The fourth-order valence-electron chi connectivity index (χ4n) is 2.42. The summed E-state index contributed by atoms with van der Waals surface area (Å²) in [5, 5.41) is 6.20. The maximum atomic E-state index is 12.2. The number of amides is 2. The molecule has 2 atom stereocenters. The number of nitrogens with two attached hydrogens (primary N) is 1. The van der Waals surface area contributed by atoms with Crippen LogP contribution >= 0.6 is 11.6 Å². The first-order chi connectivity index (χ1) is 8.88. The van der Waals surface area contributed by atoms with Gasteiger partial charge < -0.3 is 16.4 Å². The lowest BCUT2D eigenvalue weighted by molar-refractivity contribution is -0.123. The van der Waals surface area contributed by atoms with Crippen molar-refractivity contribution < 1.29 is 9.59 Å². The quantitative estimate of drug-likeness (QED) is 0.770. The highest BCUT2D eigenvalue weighted by molar-refractivity contribution is 6.31. The molecular weight excluding hydrogens is 266 g/mol. The minimum absolute atomic E-state index is 0.147. The van der Waals surface area contributed by atoms with Crippen molar-refractivity contribution in [1.29, 1.82) is 0 Å². The van der Waals surface area contributed by atoms with Gasteiger partial charge in [-0.2, -0.15) is 0 Å². The third-order valence-electron chi connectivity index (χ3n) is 3.63. The van der Waals surface area contributed by atoms with Gasteiger partial charge in [-0.15, -0.1) is 0 Å². The molecule has 1 heterocycles. The Morgan fingerprint density at radius 3 is 2.84 bits per heavy atom. The van der Waals surface area contributed by atoms with Crippen molar-refractivity contribution in [3.05, 3.63) is 28.8 Å². The number of rotatable bonds is 4. The summed E-state index contributed by atoms with van der Waals surface area (Å²) < 4.78 is 0. The molecule has 0 aliphatic carbocycles. The highest BCUT2D eigenvalue weighted by Crippen LogP contribution is 2.41. The number of likely N-dealkylation sites (N-methyl/N-ethyl adjacent to an activating group) is 1. The van der Waals surface area contributed by atoms with Gasteiger partial charge in [-0.1, -0.05) is 11.6 Å². The van der Waals surface area contributed by atoms with Crippen LogP contribution < -0.4 is 16.4 Å². The van der Waals surface area contributed by atoms with E-state index in [1.165, 1.54) is 0 Å². The smallest absolute Gasteiger partial charge is 0.234 e. The van der Waals surface area contributed by atoms with Crippen LogP contribution in [0, 0.1) is 0 Å². The standard InChI is InChI=1S/C13H16ClN3O2/c1-13(6-10(16-2)11(15)18)8-5-7(14)3-4-9(8)17-12(13)19/h3-5,10,16H,6H2,1-2H3,(H2,15,18)(H,17,19). The van der Waals surface area contributed by atoms with E-state index in [1.54, 1.807) is 32.2 Å². The summed E-state index contributed by atoms with van der Waals surface area (Å²) in [6, 6.07) is 4.67. The van der Waals surface area contributed by atoms with E-state index in [1.807, 2.05) is 0 Å². The molecule has 0 radical (unpaired) electrons. The summed E-state index contributed by atoms with van der Waals surface area (Å²) in [5.41, 5.74) is 6.03. The van der Waals surface area contributed by atoms with Gasteiger partial charge in [0.05, 0.1) is 11.5 Å². The summed E-state index contributed by atoms with van der Waals surface area (Å²) in [7, 11) is 1.64. The van der Waals surface area contributed by atoms with E-state index in [4.69, 9.17) is 17.3 Å². The van der Waals surface area contributed by atoms with E-state index in [2.05, 4.69) is 10.6 Å². The van der Waals surface area contributed by atoms with Gasteiger partial charge in [0.2, 0.25) is 11.8 Å². The molecule has 0 fully saturated rings. The first-order valence-electron chi connectivity index (χ1n) is 5.96. The number of primary amides is 1. The maximum absolute atomic E-state index is 12.2. The first kappa shape index (κ1) is 13.8. The van der Waals surface area contributed by atoms with Crippen LogP contribution in [0.25, 0.3) is 0 Å². The number of fused-ring (bicyclic) bond motifs is 1. The molecule has 102 valence electrons. The van der Waals surface area contributed by atoms with Gasteiger partial charge in [0.1, 0.15) is 0 Å². The number of anilines is 1. The minimum atomic E-state index is -0.817. The molecule has 1 aromatic rings. The van der Waals surface area contributed by atoms with Crippen molar-refractivity contribution in [2.45, 2.75) is 24.8 Å². The lowest BCUT2D eigenvalue weighted by Crippen LogP contribution is -2.46. The lowest BCUT2D eigenvalue weighted by atomic mass is 9.78.